The van der Waals surface area contributed by atoms with Gasteiger partial charge >= 0.3 is 0 Å². The van der Waals surface area contributed by atoms with E-state index in [0.29, 0.717) is 19.0 Å². The Bertz CT molecular complexity index is 245. The molecular weight excluding hydrogens is 214 g/mol. The van der Waals surface area contributed by atoms with Crippen LogP contribution in [0.15, 0.2) is 0 Å². The first kappa shape index (κ1) is 14.5. The van der Waals surface area contributed by atoms with E-state index in [0.717, 1.165) is 25.4 Å². The summed E-state index contributed by atoms with van der Waals surface area (Å²) in [5.74, 6) is 0.854. The van der Waals surface area contributed by atoms with Crippen LogP contribution in [0.5, 0.6) is 0 Å². The van der Waals surface area contributed by atoms with Crippen molar-refractivity contribution in [3.8, 4) is 0 Å². The van der Waals surface area contributed by atoms with Crippen LogP contribution < -0.4 is 11.1 Å². The molecule has 0 saturated carbocycles. The van der Waals surface area contributed by atoms with Gasteiger partial charge in [0, 0.05) is 38.1 Å². The molecule has 1 saturated heterocycles. The highest BCUT2D eigenvalue weighted by atomic mass is 16.1. The van der Waals surface area contributed by atoms with Crippen molar-refractivity contribution in [2.24, 2.45) is 11.7 Å². The second kappa shape index (κ2) is 6.97. The molecule has 1 fully saturated rings. The number of nitrogens with zero attached hydrogens (tertiary/aromatic N) is 1. The molecule has 0 spiro atoms. The van der Waals surface area contributed by atoms with Gasteiger partial charge in [-0.2, -0.15) is 0 Å². The van der Waals surface area contributed by atoms with Gasteiger partial charge in [-0.1, -0.05) is 13.8 Å². The Kier molecular flexibility index (Phi) is 5.92. The fourth-order valence-corrected chi connectivity index (χ4v) is 2.73. The van der Waals surface area contributed by atoms with Gasteiger partial charge in [0.05, 0.1) is 0 Å². The van der Waals surface area contributed by atoms with Crippen LogP contribution >= 0.6 is 0 Å². The smallest absolute Gasteiger partial charge is 0.221 e. The van der Waals surface area contributed by atoms with Gasteiger partial charge in [-0.3, -0.25) is 9.69 Å². The van der Waals surface area contributed by atoms with E-state index in [2.05, 4.69) is 31.0 Å². The predicted octanol–water partition coefficient (Wildman–Crippen LogP) is 0.960. The lowest BCUT2D eigenvalue weighted by Crippen LogP contribution is -2.45. The molecule has 17 heavy (non-hydrogen) atoms. The van der Waals surface area contributed by atoms with Gasteiger partial charge in [0.15, 0.2) is 0 Å². The highest BCUT2D eigenvalue weighted by Gasteiger charge is 2.31. The van der Waals surface area contributed by atoms with Crippen LogP contribution in [-0.4, -0.2) is 42.5 Å². The van der Waals surface area contributed by atoms with E-state index in [9.17, 15) is 4.79 Å². The summed E-state index contributed by atoms with van der Waals surface area (Å²) < 4.78 is 0. The lowest BCUT2D eigenvalue weighted by Gasteiger charge is -2.30. The second-order valence-electron chi connectivity index (χ2n) is 5.33. The van der Waals surface area contributed by atoms with Crippen molar-refractivity contribution < 1.29 is 4.79 Å². The first-order valence-corrected chi connectivity index (χ1v) is 6.81. The monoisotopic (exact) mass is 241 g/mol. The van der Waals surface area contributed by atoms with Crippen molar-refractivity contribution in [3.63, 3.8) is 0 Å². The molecule has 1 heterocycles. The number of hydrogen-bond donors (Lipinski definition) is 2. The maximum absolute atomic E-state index is 11.7. The molecule has 0 aliphatic carbocycles. The molecule has 4 heteroatoms. The average molecular weight is 241 g/mol. The molecule has 100 valence electrons. The molecule has 4 nitrogen and oxygen atoms in total. The van der Waals surface area contributed by atoms with E-state index in [-0.39, 0.29) is 11.9 Å². The fourth-order valence-electron chi connectivity index (χ4n) is 2.73. The minimum atomic E-state index is 0.133. The first-order valence-electron chi connectivity index (χ1n) is 6.81. The summed E-state index contributed by atoms with van der Waals surface area (Å²) in [4.78, 5) is 14.1. The Hall–Kier alpha value is -0.610. The lowest BCUT2D eigenvalue weighted by molar-refractivity contribution is -0.122. The van der Waals surface area contributed by atoms with Crippen LogP contribution in [0.25, 0.3) is 0 Å². The second-order valence-corrected chi connectivity index (χ2v) is 5.33. The third-order valence-corrected chi connectivity index (χ3v) is 3.57. The number of rotatable bonds is 6. The average Bonchev–Trinajstić information content (AvgIpc) is 2.62. The molecule has 3 atom stereocenters. The molecule has 0 bridgehead atoms. The molecule has 1 aliphatic heterocycles. The molecule has 1 aliphatic rings. The van der Waals surface area contributed by atoms with Crippen LogP contribution in [-0.2, 0) is 4.79 Å². The number of carbonyl (C=O) groups excluding carboxylic acids is 1. The normalized spacial score (nSPS) is 27.1. The third kappa shape index (κ3) is 4.28. The van der Waals surface area contributed by atoms with Gasteiger partial charge in [-0.15, -0.1) is 0 Å². The Morgan fingerprint density at radius 2 is 2.24 bits per heavy atom. The van der Waals surface area contributed by atoms with E-state index in [1.807, 2.05) is 0 Å². The zero-order valence-electron chi connectivity index (χ0n) is 11.4. The van der Waals surface area contributed by atoms with Gasteiger partial charge in [-0.25, -0.2) is 0 Å². The molecule has 0 aromatic carbocycles. The topological polar surface area (TPSA) is 58.4 Å². The van der Waals surface area contributed by atoms with Crippen LogP contribution in [0, 0.1) is 5.92 Å². The molecule has 3 N–H and O–H groups in total. The first-order chi connectivity index (χ1) is 8.08. The molecule has 1 amide bonds. The maximum Gasteiger partial charge on any atom is 0.221 e. The molecule has 3 unspecified atom stereocenters. The Labute approximate surface area is 105 Å². The molecule has 0 aromatic heterocycles. The van der Waals surface area contributed by atoms with E-state index in [1.54, 1.807) is 0 Å². The Morgan fingerprint density at radius 1 is 1.53 bits per heavy atom. The molecular formula is C13H27N3O. The summed E-state index contributed by atoms with van der Waals surface area (Å²) in [6, 6.07) is 0.754. The highest BCUT2D eigenvalue weighted by molar-refractivity contribution is 5.76. The highest BCUT2D eigenvalue weighted by Crippen LogP contribution is 2.25. The van der Waals surface area contributed by atoms with Gasteiger partial charge < -0.3 is 11.1 Å². The van der Waals surface area contributed by atoms with Crippen LogP contribution in [0.2, 0.25) is 0 Å². The van der Waals surface area contributed by atoms with E-state index in [4.69, 9.17) is 5.73 Å². The largest absolute Gasteiger partial charge is 0.356 e. The summed E-state index contributed by atoms with van der Waals surface area (Å²) >= 11 is 0. The van der Waals surface area contributed by atoms with Crippen molar-refractivity contribution in [2.75, 3.05) is 19.6 Å². The maximum atomic E-state index is 11.7. The summed E-state index contributed by atoms with van der Waals surface area (Å²) in [6.45, 7) is 8.96. The SMILES string of the molecule is CCCNC(=O)CC(CN)N1CC(C)CC1C. The van der Waals surface area contributed by atoms with Crippen molar-refractivity contribution >= 4 is 5.91 Å². The van der Waals surface area contributed by atoms with E-state index < -0.39 is 0 Å². The quantitative estimate of drug-likeness (QED) is 0.728. The number of nitrogens with one attached hydrogen (secondary N) is 1. The molecule has 0 aromatic rings. The number of likely N-dealkylation sites (tertiary alicyclic amines) is 1. The van der Waals surface area contributed by atoms with Crippen molar-refractivity contribution in [1.29, 1.82) is 0 Å². The van der Waals surface area contributed by atoms with E-state index >= 15 is 0 Å². The third-order valence-electron chi connectivity index (χ3n) is 3.57. The summed E-state index contributed by atoms with van der Waals surface area (Å²) in [6.07, 6.45) is 2.73. The van der Waals surface area contributed by atoms with Crippen LogP contribution in [0.3, 0.4) is 0 Å². The fraction of sp³-hybridized carbons (Fsp3) is 0.923. The number of amides is 1. The van der Waals surface area contributed by atoms with Crippen LogP contribution in [0.1, 0.15) is 40.0 Å². The summed E-state index contributed by atoms with van der Waals surface area (Å²) in [5, 5.41) is 2.93. The minimum absolute atomic E-state index is 0.133. The predicted molar refractivity (Wildman–Crippen MR) is 70.7 cm³/mol. The number of carbonyl (C=O) groups is 1. The van der Waals surface area contributed by atoms with Gasteiger partial charge in [0.1, 0.15) is 0 Å². The van der Waals surface area contributed by atoms with Gasteiger partial charge in [-0.05, 0) is 25.7 Å². The standard InChI is InChI=1S/C13H27N3O/c1-4-5-15-13(17)7-12(8-14)16-9-10(2)6-11(16)3/h10-12H,4-9,14H2,1-3H3,(H,15,17). The van der Waals surface area contributed by atoms with Crippen molar-refractivity contribution in [2.45, 2.75) is 52.1 Å². The van der Waals surface area contributed by atoms with Crippen LogP contribution in [0.4, 0.5) is 0 Å². The minimum Gasteiger partial charge on any atom is -0.356 e. The molecule has 0 radical (unpaired) electrons. The summed E-state index contributed by atoms with van der Waals surface area (Å²) in [5.41, 5.74) is 5.82. The molecule has 1 rings (SSSR count). The lowest BCUT2D eigenvalue weighted by atomic mass is 10.1. The van der Waals surface area contributed by atoms with Crippen molar-refractivity contribution in [1.82, 2.24) is 10.2 Å². The Balaban J connectivity index is 2.45. The van der Waals surface area contributed by atoms with Gasteiger partial charge in [0.2, 0.25) is 5.91 Å². The zero-order valence-corrected chi connectivity index (χ0v) is 11.4. The van der Waals surface area contributed by atoms with Gasteiger partial charge in [0.25, 0.3) is 0 Å². The Morgan fingerprint density at radius 3 is 2.71 bits per heavy atom. The van der Waals surface area contributed by atoms with Crippen molar-refractivity contribution in [3.05, 3.63) is 0 Å². The number of nitrogens with two attached hydrogens (primary N) is 1. The zero-order chi connectivity index (χ0) is 12.8. The van der Waals surface area contributed by atoms with E-state index in [1.165, 1.54) is 6.42 Å². The number of hydrogen-bond acceptors (Lipinski definition) is 3. The summed E-state index contributed by atoms with van der Waals surface area (Å²) in [7, 11) is 0.